The molecule has 0 spiro atoms. The molecule has 5 rings (SSSR count). The van der Waals surface area contributed by atoms with Gasteiger partial charge in [0, 0.05) is 49.2 Å². The van der Waals surface area contributed by atoms with Gasteiger partial charge in [-0.3, -0.25) is 14.5 Å². The Kier molecular flexibility index (Phi) is 10.7. The van der Waals surface area contributed by atoms with Gasteiger partial charge in [-0.25, -0.2) is 9.59 Å². The Morgan fingerprint density at radius 1 is 0.918 bits per heavy atom. The maximum absolute atomic E-state index is 13.6. The van der Waals surface area contributed by atoms with Gasteiger partial charge in [0.2, 0.25) is 5.91 Å². The molecule has 1 saturated heterocycles. The normalized spacial score (nSPS) is 15.7. The largest absolute Gasteiger partial charge is 0.462 e. The average Bonchev–Trinajstić information content (AvgIpc) is 3.38. The molecule has 49 heavy (non-hydrogen) atoms. The second-order valence-electron chi connectivity index (χ2n) is 13.3. The molecule has 0 bridgehead atoms. The van der Waals surface area contributed by atoms with Gasteiger partial charge in [-0.05, 0) is 83.5 Å². The minimum absolute atomic E-state index is 0.0325. The number of ether oxygens (including phenoxy) is 2. The highest BCUT2D eigenvalue weighted by molar-refractivity contribution is 6.37. The topological polar surface area (TPSA) is 121 Å². The van der Waals surface area contributed by atoms with Crippen LogP contribution in [0.1, 0.15) is 63.0 Å². The zero-order valence-corrected chi connectivity index (χ0v) is 29.0. The molecule has 0 saturated carbocycles. The van der Waals surface area contributed by atoms with Crippen LogP contribution in [0.4, 0.5) is 21.9 Å². The molecule has 3 amide bonds. The molecule has 1 fully saturated rings. The van der Waals surface area contributed by atoms with Crippen molar-refractivity contribution >= 4 is 52.2 Å². The predicted molar refractivity (Wildman–Crippen MR) is 191 cm³/mol. The Morgan fingerprint density at radius 3 is 2.20 bits per heavy atom. The zero-order chi connectivity index (χ0) is 35.3. The molecule has 3 aromatic carbocycles. The standard InChI is InChI=1S/C38H45N5O6/c1-7-48-36(46)27-13-18-30-31(23-27)40-35(45)33(30)34(26-11-9-8-10-12-26)39-28-14-16-29(17-15-28)43(25(2)3)32(44)24-41-19-21-42(22-20-41)37(47)49-38(4,5)6/h8-18,23,25,39H,7,19-22,24H2,1-6H3,(H,40,45). The first kappa shape index (κ1) is 35.2. The highest BCUT2D eigenvalue weighted by atomic mass is 16.6. The van der Waals surface area contributed by atoms with Crippen LogP contribution in [-0.2, 0) is 19.1 Å². The smallest absolute Gasteiger partial charge is 0.410 e. The molecule has 11 heteroatoms. The van der Waals surface area contributed by atoms with E-state index in [-0.39, 0.29) is 37.1 Å². The van der Waals surface area contributed by atoms with Crippen molar-refractivity contribution in [2.75, 3.05) is 54.9 Å². The molecule has 0 radical (unpaired) electrons. The summed E-state index contributed by atoms with van der Waals surface area (Å²) < 4.78 is 10.6. The number of hydrogen-bond acceptors (Lipinski definition) is 8. The van der Waals surface area contributed by atoms with E-state index in [4.69, 9.17) is 9.47 Å². The third kappa shape index (κ3) is 8.47. The van der Waals surface area contributed by atoms with Crippen LogP contribution in [0.2, 0.25) is 0 Å². The summed E-state index contributed by atoms with van der Waals surface area (Å²) in [5.41, 5.74) is 4.36. The molecule has 0 aromatic heterocycles. The van der Waals surface area contributed by atoms with Crippen molar-refractivity contribution in [1.29, 1.82) is 0 Å². The predicted octanol–water partition coefficient (Wildman–Crippen LogP) is 6.09. The lowest BCUT2D eigenvalue weighted by Gasteiger charge is -2.36. The van der Waals surface area contributed by atoms with E-state index in [0.717, 1.165) is 16.9 Å². The van der Waals surface area contributed by atoms with Gasteiger partial charge in [0.25, 0.3) is 5.91 Å². The maximum atomic E-state index is 13.6. The van der Waals surface area contributed by atoms with Crippen LogP contribution in [0.3, 0.4) is 0 Å². The first-order valence-corrected chi connectivity index (χ1v) is 16.7. The quantitative estimate of drug-likeness (QED) is 0.208. The Labute approximate surface area is 287 Å². The fraction of sp³-hybridized carbons (Fsp3) is 0.368. The zero-order valence-electron chi connectivity index (χ0n) is 29.0. The molecule has 0 unspecified atom stereocenters. The van der Waals surface area contributed by atoms with E-state index in [2.05, 4.69) is 15.5 Å². The number of fused-ring (bicyclic) bond motifs is 1. The van der Waals surface area contributed by atoms with E-state index < -0.39 is 11.6 Å². The number of rotatable bonds is 9. The first-order valence-electron chi connectivity index (χ1n) is 16.7. The lowest BCUT2D eigenvalue weighted by molar-refractivity contribution is -0.120. The van der Waals surface area contributed by atoms with Crippen molar-refractivity contribution in [1.82, 2.24) is 9.80 Å². The van der Waals surface area contributed by atoms with E-state index in [1.54, 1.807) is 34.9 Å². The number of hydrogen-bond donors (Lipinski definition) is 2. The summed E-state index contributed by atoms with van der Waals surface area (Å²) in [5.74, 6) is -0.773. The molecule has 2 aliphatic rings. The van der Waals surface area contributed by atoms with Crippen LogP contribution in [0.15, 0.2) is 72.8 Å². The van der Waals surface area contributed by atoms with Crippen molar-refractivity contribution in [2.45, 2.75) is 53.2 Å². The van der Waals surface area contributed by atoms with Crippen LogP contribution in [0, 0.1) is 0 Å². The second-order valence-corrected chi connectivity index (χ2v) is 13.3. The third-order valence-electron chi connectivity index (χ3n) is 8.17. The van der Waals surface area contributed by atoms with Gasteiger partial charge in [0.15, 0.2) is 0 Å². The highest BCUT2D eigenvalue weighted by Gasteiger charge is 2.31. The number of benzene rings is 3. The van der Waals surface area contributed by atoms with Gasteiger partial charge in [-0.15, -0.1) is 0 Å². The van der Waals surface area contributed by atoms with E-state index in [9.17, 15) is 19.2 Å². The molecule has 0 aliphatic carbocycles. The molecule has 2 heterocycles. The Balaban J connectivity index is 1.33. The maximum Gasteiger partial charge on any atom is 0.410 e. The van der Waals surface area contributed by atoms with E-state index >= 15 is 0 Å². The Hall–Kier alpha value is -5.16. The molecule has 2 N–H and O–H groups in total. The molecule has 2 aliphatic heterocycles. The van der Waals surface area contributed by atoms with Crippen LogP contribution < -0.4 is 15.5 Å². The number of nitrogens with zero attached hydrogens (tertiary/aromatic N) is 3. The number of carbonyl (C=O) groups excluding carboxylic acids is 4. The van der Waals surface area contributed by atoms with Crippen LogP contribution in [0.25, 0.3) is 11.3 Å². The summed E-state index contributed by atoms with van der Waals surface area (Å²) in [6.07, 6.45) is -0.331. The average molecular weight is 668 g/mol. The summed E-state index contributed by atoms with van der Waals surface area (Å²) in [5, 5.41) is 6.36. The fourth-order valence-corrected chi connectivity index (χ4v) is 5.91. The summed E-state index contributed by atoms with van der Waals surface area (Å²) in [6, 6.07) is 22.1. The first-order chi connectivity index (χ1) is 23.3. The third-order valence-corrected chi connectivity index (χ3v) is 8.17. The van der Waals surface area contributed by atoms with Gasteiger partial charge in [-0.1, -0.05) is 36.4 Å². The molecule has 0 atom stereocenters. The van der Waals surface area contributed by atoms with Crippen molar-refractivity contribution in [3.8, 4) is 0 Å². The number of carbonyl (C=O) groups is 4. The summed E-state index contributed by atoms with van der Waals surface area (Å²) in [7, 11) is 0. The molecule has 3 aromatic rings. The van der Waals surface area contributed by atoms with Crippen LogP contribution in [-0.4, -0.2) is 84.7 Å². The Morgan fingerprint density at radius 2 is 1.59 bits per heavy atom. The van der Waals surface area contributed by atoms with Gasteiger partial charge in [-0.2, -0.15) is 0 Å². The second kappa shape index (κ2) is 14.9. The number of amides is 3. The Bertz CT molecular complexity index is 1720. The molecular formula is C38H45N5O6. The highest BCUT2D eigenvalue weighted by Crippen LogP contribution is 2.38. The van der Waals surface area contributed by atoms with Crippen LogP contribution in [0.5, 0.6) is 0 Å². The minimum Gasteiger partial charge on any atom is -0.462 e. The number of esters is 1. The molecular weight excluding hydrogens is 622 g/mol. The van der Waals surface area contributed by atoms with E-state index in [1.807, 2.05) is 89.2 Å². The monoisotopic (exact) mass is 667 g/mol. The van der Waals surface area contributed by atoms with Crippen LogP contribution >= 0.6 is 0 Å². The van der Waals surface area contributed by atoms with E-state index in [0.29, 0.717) is 54.3 Å². The number of nitrogens with one attached hydrogen (secondary N) is 2. The lowest BCUT2D eigenvalue weighted by atomic mass is 9.99. The van der Waals surface area contributed by atoms with Crippen molar-refractivity contribution < 1.29 is 28.7 Å². The molecule has 258 valence electrons. The summed E-state index contributed by atoms with van der Waals surface area (Å²) in [4.78, 5) is 57.4. The minimum atomic E-state index is -0.555. The van der Waals surface area contributed by atoms with Gasteiger partial charge in [0.05, 0.1) is 35.7 Å². The summed E-state index contributed by atoms with van der Waals surface area (Å²) >= 11 is 0. The van der Waals surface area contributed by atoms with Crippen molar-refractivity contribution in [2.24, 2.45) is 0 Å². The SMILES string of the molecule is CCOC(=O)c1ccc2c(c1)NC(=O)C2=C(Nc1ccc(N(C(=O)CN2CCN(C(=O)OC(C)(C)C)CC2)C(C)C)cc1)c1ccccc1. The van der Waals surface area contributed by atoms with Gasteiger partial charge >= 0.3 is 12.1 Å². The number of anilines is 3. The number of piperazine rings is 1. The van der Waals surface area contributed by atoms with Gasteiger partial charge < -0.3 is 29.9 Å². The lowest BCUT2D eigenvalue weighted by Crippen LogP contribution is -2.53. The van der Waals surface area contributed by atoms with Gasteiger partial charge in [0.1, 0.15) is 5.60 Å². The van der Waals surface area contributed by atoms with Crippen molar-refractivity contribution in [3.63, 3.8) is 0 Å². The summed E-state index contributed by atoms with van der Waals surface area (Å²) in [6.45, 7) is 13.9. The fourth-order valence-electron chi connectivity index (χ4n) is 5.91. The molecule has 11 nitrogen and oxygen atoms in total. The van der Waals surface area contributed by atoms with E-state index in [1.165, 1.54) is 0 Å². The van der Waals surface area contributed by atoms with Crippen molar-refractivity contribution in [3.05, 3.63) is 89.5 Å².